The molecule has 0 bridgehead atoms. The van der Waals surface area contributed by atoms with E-state index in [1.54, 1.807) is 31.4 Å². The molecule has 0 aliphatic rings. The van der Waals surface area contributed by atoms with Crippen molar-refractivity contribution in [2.45, 2.75) is 38.6 Å². The van der Waals surface area contributed by atoms with Crippen molar-refractivity contribution >= 4 is 18.0 Å². The van der Waals surface area contributed by atoms with Crippen molar-refractivity contribution < 1.29 is 28.9 Å². The van der Waals surface area contributed by atoms with Crippen molar-refractivity contribution in [1.82, 2.24) is 5.32 Å². The lowest BCUT2D eigenvalue weighted by Gasteiger charge is -2.15. The van der Waals surface area contributed by atoms with Gasteiger partial charge in [0.05, 0.1) is 20.8 Å². The van der Waals surface area contributed by atoms with Crippen LogP contribution in [0, 0.1) is 0 Å². The molecule has 1 atom stereocenters. The molecule has 7 nitrogen and oxygen atoms in total. The summed E-state index contributed by atoms with van der Waals surface area (Å²) in [7, 11) is 2.85. The Morgan fingerprint density at radius 3 is 2.47 bits per heavy atom. The number of nitrogens with one attached hydrogen (secondary N) is 1. The molecule has 1 unspecified atom stereocenters. The second-order valence-electron chi connectivity index (χ2n) is 7.25. The minimum Gasteiger partial charge on any atom is -0.508 e. The number of aromatic hydroxyl groups is 1. The Bertz CT molecular complexity index is 907. The smallest absolute Gasteiger partial charge is 0.328 e. The van der Waals surface area contributed by atoms with Gasteiger partial charge in [-0.05, 0) is 47.9 Å². The van der Waals surface area contributed by atoms with E-state index >= 15 is 0 Å². The molecule has 0 fully saturated rings. The first kappa shape index (κ1) is 24.8. The first-order valence-corrected chi connectivity index (χ1v) is 10.6. The van der Waals surface area contributed by atoms with Crippen molar-refractivity contribution in [2.24, 2.45) is 0 Å². The van der Waals surface area contributed by atoms with Gasteiger partial charge in [0.25, 0.3) is 0 Å². The summed E-state index contributed by atoms with van der Waals surface area (Å²) in [5.41, 5.74) is 1.54. The number of ether oxygens (including phenoxy) is 3. The summed E-state index contributed by atoms with van der Waals surface area (Å²) in [6, 6.07) is 11.0. The van der Waals surface area contributed by atoms with Gasteiger partial charge in [0.15, 0.2) is 11.5 Å². The summed E-state index contributed by atoms with van der Waals surface area (Å²) in [5.74, 6) is 0.393. The second-order valence-corrected chi connectivity index (χ2v) is 7.25. The molecule has 0 radical (unpaired) electrons. The average Bonchev–Trinajstić information content (AvgIpc) is 2.81. The lowest BCUT2D eigenvalue weighted by molar-refractivity contribution is -0.144. The summed E-state index contributed by atoms with van der Waals surface area (Å²) in [6.45, 7) is 2.72. The fourth-order valence-corrected chi connectivity index (χ4v) is 3.04. The molecule has 2 aromatic carbocycles. The minimum absolute atomic E-state index is 0.128. The summed E-state index contributed by atoms with van der Waals surface area (Å²) < 4.78 is 16.0. The number of carbonyl (C=O) groups excluding carboxylic acids is 2. The Morgan fingerprint density at radius 2 is 1.81 bits per heavy atom. The van der Waals surface area contributed by atoms with Gasteiger partial charge in [-0.1, -0.05) is 38.0 Å². The van der Waals surface area contributed by atoms with Crippen molar-refractivity contribution in [3.63, 3.8) is 0 Å². The summed E-state index contributed by atoms with van der Waals surface area (Å²) in [5, 5.41) is 12.1. The Hall–Kier alpha value is -3.48. The SMILES string of the molecule is CCCCCOc1cc(C=CC(=O)NC(Cc2ccc(O)cc2)C(=O)OC)ccc1OC. The summed E-state index contributed by atoms with van der Waals surface area (Å²) in [6.07, 6.45) is 6.40. The predicted octanol–water partition coefficient (Wildman–Crippen LogP) is 3.88. The highest BCUT2D eigenvalue weighted by Crippen LogP contribution is 2.28. The molecule has 7 heteroatoms. The Labute approximate surface area is 189 Å². The molecular formula is C25H31NO6. The number of benzene rings is 2. The maximum atomic E-state index is 12.4. The molecule has 0 heterocycles. The number of amides is 1. The number of hydrogen-bond donors (Lipinski definition) is 2. The van der Waals surface area contributed by atoms with Gasteiger partial charge in [-0.15, -0.1) is 0 Å². The molecule has 0 saturated heterocycles. The Balaban J connectivity index is 2.04. The van der Waals surface area contributed by atoms with Crippen molar-refractivity contribution in [3.8, 4) is 17.2 Å². The van der Waals surface area contributed by atoms with E-state index in [9.17, 15) is 14.7 Å². The second kappa shape index (κ2) is 13.0. The van der Waals surface area contributed by atoms with Gasteiger partial charge in [-0.2, -0.15) is 0 Å². The third-order valence-electron chi connectivity index (χ3n) is 4.80. The van der Waals surface area contributed by atoms with Crippen LogP contribution in [0.25, 0.3) is 6.08 Å². The number of hydrogen-bond acceptors (Lipinski definition) is 6. The molecule has 0 saturated carbocycles. The van der Waals surface area contributed by atoms with E-state index < -0.39 is 17.9 Å². The number of esters is 1. The van der Waals surface area contributed by atoms with Crippen molar-refractivity contribution in [1.29, 1.82) is 0 Å². The lowest BCUT2D eigenvalue weighted by Crippen LogP contribution is -2.42. The molecule has 0 aliphatic heterocycles. The monoisotopic (exact) mass is 441 g/mol. The van der Waals surface area contributed by atoms with Crippen LogP contribution in [0.15, 0.2) is 48.5 Å². The molecule has 2 N–H and O–H groups in total. The van der Waals surface area contributed by atoms with Crippen LogP contribution in [0.5, 0.6) is 17.2 Å². The zero-order chi connectivity index (χ0) is 23.3. The van der Waals surface area contributed by atoms with Crippen LogP contribution in [0.3, 0.4) is 0 Å². The van der Waals surface area contributed by atoms with E-state index in [1.807, 2.05) is 12.1 Å². The number of methoxy groups -OCH3 is 2. The molecule has 1 amide bonds. The number of rotatable bonds is 12. The van der Waals surface area contributed by atoms with E-state index in [2.05, 4.69) is 12.2 Å². The third-order valence-corrected chi connectivity index (χ3v) is 4.80. The van der Waals surface area contributed by atoms with E-state index in [0.29, 0.717) is 18.1 Å². The summed E-state index contributed by atoms with van der Waals surface area (Å²) >= 11 is 0. The molecule has 0 aromatic heterocycles. The average molecular weight is 442 g/mol. The van der Waals surface area contributed by atoms with E-state index in [0.717, 1.165) is 30.4 Å². The molecular weight excluding hydrogens is 410 g/mol. The normalized spacial score (nSPS) is 11.7. The van der Waals surface area contributed by atoms with Gasteiger partial charge in [-0.3, -0.25) is 4.79 Å². The number of phenols is 1. The third kappa shape index (κ3) is 7.98. The highest BCUT2D eigenvalue weighted by molar-refractivity contribution is 5.94. The predicted molar refractivity (Wildman–Crippen MR) is 123 cm³/mol. The highest BCUT2D eigenvalue weighted by atomic mass is 16.5. The first-order chi connectivity index (χ1) is 15.5. The number of phenolic OH excluding ortho intramolecular Hbond substituents is 1. The Morgan fingerprint density at radius 1 is 1.06 bits per heavy atom. The van der Waals surface area contributed by atoms with Crippen LogP contribution in [-0.4, -0.2) is 43.9 Å². The van der Waals surface area contributed by atoms with Crippen LogP contribution in [0.1, 0.15) is 37.3 Å². The molecule has 0 aliphatic carbocycles. The van der Waals surface area contributed by atoms with Gasteiger partial charge in [0.1, 0.15) is 11.8 Å². The van der Waals surface area contributed by atoms with Crippen molar-refractivity contribution in [2.75, 3.05) is 20.8 Å². The topological polar surface area (TPSA) is 94.1 Å². The van der Waals surface area contributed by atoms with Gasteiger partial charge < -0.3 is 24.6 Å². The highest BCUT2D eigenvalue weighted by Gasteiger charge is 2.21. The maximum absolute atomic E-state index is 12.4. The van der Waals surface area contributed by atoms with Crippen molar-refractivity contribution in [3.05, 3.63) is 59.7 Å². The minimum atomic E-state index is -0.852. The number of carbonyl (C=O) groups is 2. The molecule has 2 aromatic rings. The van der Waals surface area contributed by atoms with E-state index in [4.69, 9.17) is 14.2 Å². The van der Waals surface area contributed by atoms with Crippen LogP contribution in [0.2, 0.25) is 0 Å². The first-order valence-electron chi connectivity index (χ1n) is 10.6. The van der Waals surface area contributed by atoms with Crippen LogP contribution >= 0.6 is 0 Å². The van der Waals surface area contributed by atoms with Gasteiger partial charge >= 0.3 is 5.97 Å². The molecule has 172 valence electrons. The standard InChI is InChI=1S/C25H31NO6/c1-4-5-6-15-32-23-17-19(9-13-22(23)30-2)10-14-24(28)26-21(25(29)31-3)16-18-7-11-20(27)12-8-18/h7-14,17,21,27H,4-6,15-16H2,1-3H3,(H,26,28). The zero-order valence-electron chi connectivity index (χ0n) is 18.8. The van der Waals surface area contributed by atoms with Crippen LogP contribution < -0.4 is 14.8 Å². The van der Waals surface area contributed by atoms with Gasteiger partial charge in [-0.25, -0.2) is 4.79 Å². The summed E-state index contributed by atoms with van der Waals surface area (Å²) in [4.78, 5) is 24.6. The van der Waals surface area contributed by atoms with Crippen LogP contribution in [0.4, 0.5) is 0 Å². The zero-order valence-corrected chi connectivity index (χ0v) is 18.8. The molecule has 0 spiro atoms. The van der Waals surface area contributed by atoms with Gasteiger partial charge in [0, 0.05) is 12.5 Å². The van der Waals surface area contributed by atoms with Crippen LogP contribution in [-0.2, 0) is 20.7 Å². The largest absolute Gasteiger partial charge is 0.508 e. The lowest BCUT2D eigenvalue weighted by atomic mass is 10.1. The Kier molecular flexibility index (Phi) is 10.1. The quantitative estimate of drug-likeness (QED) is 0.295. The molecule has 2 rings (SSSR count). The van der Waals surface area contributed by atoms with E-state index in [1.165, 1.54) is 25.3 Å². The van der Waals surface area contributed by atoms with Gasteiger partial charge in [0.2, 0.25) is 5.91 Å². The number of unbranched alkanes of at least 4 members (excludes halogenated alkanes) is 2. The fourth-order valence-electron chi connectivity index (χ4n) is 3.04. The molecule has 32 heavy (non-hydrogen) atoms. The maximum Gasteiger partial charge on any atom is 0.328 e. The fraction of sp³-hybridized carbons (Fsp3) is 0.360. The van der Waals surface area contributed by atoms with E-state index in [-0.39, 0.29) is 12.2 Å².